The summed E-state index contributed by atoms with van der Waals surface area (Å²) in [7, 11) is 3.20. The SMILES string of the molecule is COc1ccc(NC(C)C(=O)N2CCN(c3ccccc3)CC2)cc1OC. The van der Waals surface area contributed by atoms with E-state index >= 15 is 0 Å². The number of rotatable bonds is 6. The Balaban J connectivity index is 1.57. The molecule has 6 heteroatoms. The fourth-order valence-corrected chi connectivity index (χ4v) is 3.34. The Bertz CT molecular complexity index is 759. The maximum absolute atomic E-state index is 12.8. The second-order valence-electron chi connectivity index (χ2n) is 6.58. The van der Waals surface area contributed by atoms with E-state index in [-0.39, 0.29) is 11.9 Å². The van der Waals surface area contributed by atoms with Gasteiger partial charge < -0.3 is 24.6 Å². The van der Waals surface area contributed by atoms with Crippen molar-refractivity contribution >= 4 is 17.3 Å². The van der Waals surface area contributed by atoms with Crippen molar-refractivity contribution in [2.45, 2.75) is 13.0 Å². The number of nitrogens with one attached hydrogen (secondary N) is 1. The third kappa shape index (κ3) is 4.45. The average molecular weight is 369 g/mol. The van der Waals surface area contributed by atoms with Crippen LogP contribution in [0.3, 0.4) is 0 Å². The first-order chi connectivity index (χ1) is 13.1. The van der Waals surface area contributed by atoms with Gasteiger partial charge in [-0.1, -0.05) is 18.2 Å². The number of nitrogens with zero attached hydrogens (tertiary/aromatic N) is 2. The van der Waals surface area contributed by atoms with Crippen LogP contribution in [0.1, 0.15) is 6.92 Å². The highest BCUT2D eigenvalue weighted by atomic mass is 16.5. The second-order valence-corrected chi connectivity index (χ2v) is 6.58. The molecule has 2 aromatic carbocycles. The van der Waals surface area contributed by atoms with Gasteiger partial charge in [-0.05, 0) is 31.2 Å². The number of hydrogen-bond acceptors (Lipinski definition) is 5. The molecule has 0 aromatic heterocycles. The van der Waals surface area contributed by atoms with Gasteiger partial charge in [0.2, 0.25) is 5.91 Å². The maximum atomic E-state index is 12.8. The van der Waals surface area contributed by atoms with Crippen LogP contribution in [0.25, 0.3) is 0 Å². The number of carbonyl (C=O) groups excluding carboxylic acids is 1. The summed E-state index contributed by atoms with van der Waals surface area (Å²) in [6.07, 6.45) is 0. The quantitative estimate of drug-likeness (QED) is 0.849. The number of anilines is 2. The molecule has 0 saturated carbocycles. The zero-order chi connectivity index (χ0) is 19.2. The van der Waals surface area contributed by atoms with Gasteiger partial charge in [-0.25, -0.2) is 0 Å². The topological polar surface area (TPSA) is 54.0 Å². The second kappa shape index (κ2) is 8.66. The zero-order valence-corrected chi connectivity index (χ0v) is 16.1. The molecule has 2 aromatic rings. The fraction of sp³-hybridized carbons (Fsp3) is 0.381. The Morgan fingerprint density at radius 3 is 2.26 bits per heavy atom. The molecule has 1 N–H and O–H groups in total. The van der Waals surface area contributed by atoms with Gasteiger partial charge >= 0.3 is 0 Å². The van der Waals surface area contributed by atoms with Crippen LogP contribution < -0.4 is 19.7 Å². The van der Waals surface area contributed by atoms with Crippen molar-refractivity contribution in [3.05, 3.63) is 48.5 Å². The number of benzene rings is 2. The molecule has 1 atom stereocenters. The molecule has 0 spiro atoms. The van der Waals surface area contributed by atoms with Crippen LogP contribution in [0.5, 0.6) is 11.5 Å². The number of hydrogen-bond donors (Lipinski definition) is 1. The average Bonchev–Trinajstić information content (AvgIpc) is 2.73. The van der Waals surface area contributed by atoms with Crippen LogP contribution in [-0.2, 0) is 4.79 Å². The molecule has 3 rings (SSSR count). The van der Waals surface area contributed by atoms with Gasteiger partial charge in [-0.3, -0.25) is 4.79 Å². The van der Waals surface area contributed by atoms with E-state index < -0.39 is 0 Å². The number of carbonyl (C=O) groups is 1. The number of amides is 1. The first-order valence-electron chi connectivity index (χ1n) is 9.19. The van der Waals surface area contributed by atoms with Crippen LogP contribution in [0.2, 0.25) is 0 Å². The predicted molar refractivity (Wildman–Crippen MR) is 108 cm³/mol. The minimum absolute atomic E-state index is 0.109. The third-order valence-electron chi connectivity index (χ3n) is 4.85. The first kappa shape index (κ1) is 18.9. The molecule has 6 nitrogen and oxygen atoms in total. The van der Waals surface area contributed by atoms with E-state index in [0.29, 0.717) is 11.5 Å². The minimum Gasteiger partial charge on any atom is -0.493 e. The molecule has 1 aliphatic heterocycles. The molecule has 1 amide bonds. The van der Waals surface area contributed by atoms with E-state index in [1.54, 1.807) is 14.2 Å². The van der Waals surface area contributed by atoms with Crippen molar-refractivity contribution < 1.29 is 14.3 Å². The van der Waals surface area contributed by atoms with E-state index in [9.17, 15) is 4.79 Å². The Kier molecular flexibility index (Phi) is 6.06. The van der Waals surface area contributed by atoms with Crippen molar-refractivity contribution in [1.29, 1.82) is 0 Å². The van der Waals surface area contributed by atoms with Crippen molar-refractivity contribution in [3.63, 3.8) is 0 Å². The maximum Gasteiger partial charge on any atom is 0.244 e. The summed E-state index contributed by atoms with van der Waals surface area (Å²) in [5, 5.41) is 3.27. The lowest BCUT2D eigenvalue weighted by atomic mass is 10.2. The Hall–Kier alpha value is -2.89. The van der Waals surface area contributed by atoms with Gasteiger partial charge in [-0.2, -0.15) is 0 Å². The molecular formula is C21H27N3O3. The lowest BCUT2D eigenvalue weighted by Crippen LogP contribution is -2.52. The minimum atomic E-state index is -0.314. The Morgan fingerprint density at radius 1 is 0.963 bits per heavy atom. The Morgan fingerprint density at radius 2 is 1.63 bits per heavy atom. The van der Waals surface area contributed by atoms with Crippen molar-refractivity contribution in [2.24, 2.45) is 0 Å². The molecule has 0 aliphatic carbocycles. The standard InChI is InChI=1S/C21H27N3O3/c1-16(22-17-9-10-19(26-2)20(15-17)27-3)21(25)24-13-11-23(12-14-24)18-7-5-4-6-8-18/h4-10,15-16,22H,11-14H2,1-3H3. The van der Waals surface area contributed by atoms with Crippen LogP contribution in [0.4, 0.5) is 11.4 Å². The highest BCUT2D eigenvalue weighted by Crippen LogP contribution is 2.30. The van der Waals surface area contributed by atoms with E-state index in [2.05, 4.69) is 22.3 Å². The summed E-state index contributed by atoms with van der Waals surface area (Å²) >= 11 is 0. The first-order valence-corrected chi connectivity index (χ1v) is 9.19. The molecular weight excluding hydrogens is 342 g/mol. The van der Waals surface area contributed by atoms with E-state index in [1.807, 2.05) is 48.2 Å². The van der Waals surface area contributed by atoms with Gasteiger partial charge in [0.05, 0.1) is 14.2 Å². The number of piperazine rings is 1. The van der Waals surface area contributed by atoms with Gasteiger partial charge in [0.1, 0.15) is 6.04 Å². The highest BCUT2D eigenvalue weighted by Gasteiger charge is 2.25. The zero-order valence-electron chi connectivity index (χ0n) is 16.1. The summed E-state index contributed by atoms with van der Waals surface area (Å²) in [4.78, 5) is 17.1. The lowest BCUT2D eigenvalue weighted by molar-refractivity contribution is -0.131. The van der Waals surface area contributed by atoms with Crippen molar-refractivity contribution in [2.75, 3.05) is 50.6 Å². The summed E-state index contributed by atoms with van der Waals surface area (Å²) in [6.45, 7) is 5.04. The van der Waals surface area contributed by atoms with Gasteiger partial charge in [0.25, 0.3) is 0 Å². The lowest BCUT2D eigenvalue weighted by Gasteiger charge is -2.37. The fourth-order valence-electron chi connectivity index (χ4n) is 3.34. The van der Waals surface area contributed by atoms with Crippen LogP contribution in [0.15, 0.2) is 48.5 Å². The number of ether oxygens (including phenoxy) is 2. The summed E-state index contributed by atoms with van der Waals surface area (Å²) in [5.74, 6) is 1.41. The van der Waals surface area contributed by atoms with E-state index in [1.165, 1.54) is 5.69 Å². The van der Waals surface area contributed by atoms with Gasteiger partial charge in [0, 0.05) is 43.6 Å². The summed E-state index contributed by atoms with van der Waals surface area (Å²) < 4.78 is 10.6. The molecule has 0 radical (unpaired) electrons. The smallest absolute Gasteiger partial charge is 0.244 e. The molecule has 1 saturated heterocycles. The molecule has 144 valence electrons. The third-order valence-corrected chi connectivity index (χ3v) is 4.85. The van der Waals surface area contributed by atoms with E-state index in [4.69, 9.17) is 9.47 Å². The van der Waals surface area contributed by atoms with Crippen molar-refractivity contribution in [1.82, 2.24) is 4.90 Å². The predicted octanol–water partition coefficient (Wildman–Crippen LogP) is 2.85. The van der Waals surface area contributed by atoms with E-state index in [0.717, 1.165) is 31.9 Å². The van der Waals surface area contributed by atoms with Crippen LogP contribution in [0, 0.1) is 0 Å². The van der Waals surface area contributed by atoms with Gasteiger partial charge in [-0.15, -0.1) is 0 Å². The normalized spacial score (nSPS) is 15.2. The van der Waals surface area contributed by atoms with Crippen molar-refractivity contribution in [3.8, 4) is 11.5 Å². The van der Waals surface area contributed by atoms with Crippen LogP contribution >= 0.6 is 0 Å². The highest BCUT2D eigenvalue weighted by molar-refractivity contribution is 5.84. The number of para-hydroxylation sites is 1. The van der Waals surface area contributed by atoms with Crippen LogP contribution in [-0.4, -0.2) is 57.2 Å². The van der Waals surface area contributed by atoms with Gasteiger partial charge in [0.15, 0.2) is 11.5 Å². The monoisotopic (exact) mass is 369 g/mol. The molecule has 1 fully saturated rings. The molecule has 1 unspecified atom stereocenters. The summed E-state index contributed by atoms with van der Waals surface area (Å²) in [5.41, 5.74) is 2.04. The summed E-state index contributed by atoms with van der Waals surface area (Å²) in [6, 6.07) is 15.6. The largest absolute Gasteiger partial charge is 0.493 e. The molecule has 1 heterocycles. The Labute approximate surface area is 160 Å². The molecule has 0 bridgehead atoms. The molecule has 1 aliphatic rings. The molecule has 27 heavy (non-hydrogen) atoms. The number of methoxy groups -OCH3 is 2.